The first kappa shape index (κ1) is 32.0. The highest BCUT2D eigenvalue weighted by Crippen LogP contribution is 2.43. The summed E-state index contributed by atoms with van der Waals surface area (Å²) in [5, 5.41) is 2.51. The van der Waals surface area contributed by atoms with Crippen molar-refractivity contribution in [1.82, 2.24) is 19.9 Å². The van der Waals surface area contributed by atoms with Crippen molar-refractivity contribution in [2.75, 3.05) is 58.8 Å². The van der Waals surface area contributed by atoms with Gasteiger partial charge in [-0.25, -0.2) is 4.39 Å². The number of aromatic nitrogens is 3. The molecule has 2 atom stereocenters. The Hall–Kier alpha value is -3.60. The number of halogens is 1. The number of ether oxygens (including phenoxy) is 4. The predicted molar refractivity (Wildman–Crippen MR) is 182 cm³/mol. The largest absolute Gasteiger partial charge is 0.468 e. The molecule has 3 aliphatic heterocycles. The van der Waals surface area contributed by atoms with Crippen LogP contribution >= 0.6 is 0 Å². The number of hydrogen-bond acceptors (Lipinski definition) is 9. The molecule has 2 aromatic heterocycles. The van der Waals surface area contributed by atoms with Crippen molar-refractivity contribution in [2.45, 2.75) is 76.3 Å². The first-order chi connectivity index (χ1) is 23.0. The zero-order valence-corrected chi connectivity index (χ0v) is 27.9. The summed E-state index contributed by atoms with van der Waals surface area (Å²) in [4.78, 5) is 19.4. The van der Waals surface area contributed by atoms with Gasteiger partial charge in [-0.3, -0.25) is 9.88 Å². The van der Waals surface area contributed by atoms with Gasteiger partial charge in [-0.1, -0.05) is 38.0 Å². The second-order valence-corrected chi connectivity index (χ2v) is 13.3. The van der Waals surface area contributed by atoms with E-state index >= 15 is 4.39 Å². The molecule has 0 radical (unpaired) electrons. The van der Waals surface area contributed by atoms with Gasteiger partial charge >= 0.3 is 6.01 Å². The smallest absolute Gasteiger partial charge is 0.319 e. The van der Waals surface area contributed by atoms with Gasteiger partial charge in [-0.2, -0.15) is 9.97 Å². The molecule has 0 amide bonds. The van der Waals surface area contributed by atoms with Gasteiger partial charge in [0.05, 0.1) is 17.5 Å². The summed E-state index contributed by atoms with van der Waals surface area (Å²) in [5.41, 5.74) is 2.17. The van der Waals surface area contributed by atoms with Crippen LogP contribution in [0.1, 0.15) is 63.9 Å². The second-order valence-electron chi connectivity index (χ2n) is 13.3. The quantitative estimate of drug-likeness (QED) is 0.162. The molecule has 0 unspecified atom stereocenters. The number of methoxy groups -OCH3 is 2. The van der Waals surface area contributed by atoms with Gasteiger partial charge < -0.3 is 23.8 Å². The molecule has 5 heterocycles. The van der Waals surface area contributed by atoms with E-state index in [0.717, 1.165) is 87.5 Å². The molecule has 250 valence electrons. The number of fused-ring (bicyclic) bond motifs is 3. The fourth-order valence-corrected chi connectivity index (χ4v) is 8.15. The number of pyridine rings is 1. The van der Waals surface area contributed by atoms with Crippen molar-refractivity contribution in [2.24, 2.45) is 0 Å². The molecule has 4 aromatic rings. The monoisotopic (exact) mass is 643 g/mol. The number of hydrogen-bond donors (Lipinski definition) is 0. The highest BCUT2D eigenvalue weighted by molar-refractivity contribution is 6.01. The van der Waals surface area contributed by atoms with Crippen molar-refractivity contribution in [3.8, 4) is 23.0 Å². The molecule has 0 aliphatic carbocycles. The average molecular weight is 644 g/mol. The predicted octanol–water partition coefficient (Wildman–Crippen LogP) is 6.93. The molecule has 2 aromatic carbocycles. The fourth-order valence-electron chi connectivity index (χ4n) is 8.15. The summed E-state index contributed by atoms with van der Waals surface area (Å²) < 4.78 is 40.2. The Morgan fingerprint density at radius 3 is 2.60 bits per heavy atom. The summed E-state index contributed by atoms with van der Waals surface area (Å²) in [7, 11) is 3.35. The zero-order valence-electron chi connectivity index (χ0n) is 27.9. The molecule has 9 nitrogen and oxygen atoms in total. The second kappa shape index (κ2) is 13.9. The molecular weight excluding hydrogens is 597 g/mol. The molecule has 0 spiro atoms. The van der Waals surface area contributed by atoms with E-state index in [4.69, 9.17) is 33.9 Å². The summed E-state index contributed by atoms with van der Waals surface area (Å²) in [6.45, 7) is 6.14. The van der Waals surface area contributed by atoms with E-state index in [-0.39, 0.29) is 29.6 Å². The maximum absolute atomic E-state index is 17.1. The molecule has 3 saturated heterocycles. The van der Waals surface area contributed by atoms with E-state index in [1.165, 1.54) is 12.8 Å². The molecular formula is C37H46FN5O4. The van der Waals surface area contributed by atoms with Crippen molar-refractivity contribution in [3.63, 3.8) is 0 Å². The van der Waals surface area contributed by atoms with Gasteiger partial charge in [0.25, 0.3) is 0 Å². The zero-order chi connectivity index (χ0) is 32.4. The minimum atomic E-state index is -0.483. The van der Waals surface area contributed by atoms with Crippen molar-refractivity contribution in [3.05, 3.63) is 47.9 Å². The third-order valence-corrected chi connectivity index (χ3v) is 10.4. The lowest BCUT2D eigenvalue weighted by Gasteiger charge is -2.34. The van der Waals surface area contributed by atoms with Gasteiger partial charge in [-0.05, 0) is 80.0 Å². The third-order valence-electron chi connectivity index (χ3n) is 10.4. The number of nitrogens with zero attached hydrogens (tertiary/aromatic N) is 5. The Morgan fingerprint density at radius 1 is 0.957 bits per heavy atom. The first-order valence-corrected chi connectivity index (χ1v) is 17.2. The summed E-state index contributed by atoms with van der Waals surface area (Å²) in [5.74, 6) is 0.804. The van der Waals surface area contributed by atoms with E-state index < -0.39 is 5.82 Å². The average Bonchev–Trinajstić information content (AvgIpc) is 3.53. The fraction of sp³-hybridized carbons (Fsp3) is 0.541. The lowest BCUT2D eigenvalue weighted by Crippen LogP contribution is -2.47. The van der Waals surface area contributed by atoms with E-state index in [2.05, 4.69) is 22.8 Å². The van der Waals surface area contributed by atoms with Gasteiger partial charge in [0.1, 0.15) is 29.4 Å². The first-order valence-electron chi connectivity index (χ1n) is 17.2. The van der Waals surface area contributed by atoms with Gasteiger partial charge in [0.15, 0.2) is 12.6 Å². The van der Waals surface area contributed by atoms with Crippen LogP contribution in [-0.2, 0) is 15.9 Å². The highest BCUT2D eigenvalue weighted by atomic mass is 19.1. The number of benzene rings is 2. The van der Waals surface area contributed by atoms with Crippen LogP contribution in [0.5, 0.6) is 11.8 Å². The van der Waals surface area contributed by atoms with E-state index in [9.17, 15) is 0 Å². The van der Waals surface area contributed by atoms with E-state index in [1.54, 1.807) is 20.4 Å². The Labute approximate surface area is 276 Å². The number of aryl methyl sites for hydroxylation is 1. The van der Waals surface area contributed by atoms with Crippen LogP contribution < -0.4 is 14.4 Å². The lowest BCUT2D eigenvalue weighted by atomic mass is 9.95. The van der Waals surface area contributed by atoms with Crippen LogP contribution in [0.25, 0.3) is 32.9 Å². The highest BCUT2D eigenvalue weighted by Gasteiger charge is 2.49. The Kier molecular flexibility index (Phi) is 9.43. The lowest BCUT2D eigenvalue weighted by molar-refractivity contribution is 0.0512. The van der Waals surface area contributed by atoms with Crippen molar-refractivity contribution in [1.29, 1.82) is 0 Å². The van der Waals surface area contributed by atoms with Gasteiger partial charge in [0.2, 0.25) is 0 Å². The minimum Gasteiger partial charge on any atom is -0.468 e. The molecule has 0 bridgehead atoms. The van der Waals surface area contributed by atoms with Crippen LogP contribution in [-0.4, -0.2) is 85.3 Å². The molecule has 10 heteroatoms. The normalized spacial score (nSPS) is 21.8. The van der Waals surface area contributed by atoms with Crippen LogP contribution in [0.2, 0.25) is 0 Å². The summed E-state index contributed by atoms with van der Waals surface area (Å²) >= 11 is 0. The maximum Gasteiger partial charge on any atom is 0.319 e. The maximum atomic E-state index is 17.1. The molecule has 0 N–H and O–H groups in total. The van der Waals surface area contributed by atoms with Gasteiger partial charge in [-0.15, -0.1) is 0 Å². The minimum absolute atomic E-state index is 0.0651. The van der Waals surface area contributed by atoms with Crippen LogP contribution in [0, 0.1) is 5.82 Å². The van der Waals surface area contributed by atoms with E-state index in [0.29, 0.717) is 35.2 Å². The summed E-state index contributed by atoms with van der Waals surface area (Å²) in [6.07, 6.45) is 11.3. The molecule has 3 aliphatic rings. The molecule has 47 heavy (non-hydrogen) atoms. The number of anilines is 1. The standard InChI is InChI=1S/C37H46FN5O4/c1-4-25-11-9-12-26-19-28(47-24-45-3)20-29(31(25)26)33-32(38)34-30(21-39-33)35(42-16-7-5-6-8-17-42)41-36(40-34)46-23-37-14-10-18-43(37)27(13-15-37)22-44-2/h9,11-12,19-21,27H,4-8,10,13-18,22-24H2,1-3H3/t27-,37+/m0/s1. The van der Waals surface area contributed by atoms with Crippen LogP contribution in [0.15, 0.2) is 36.5 Å². The molecule has 7 rings (SSSR count). The summed E-state index contributed by atoms with van der Waals surface area (Å²) in [6, 6.07) is 10.6. The van der Waals surface area contributed by atoms with Crippen LogP contribution in [0.3, 0.4) is 0 Å². The van der Waals surface area contributed by atoms with Crippen LogP contribution in [0.4, 0.5) is 10.2 Å². The van der Waals surface area contributed by atoms with Crippen molar-refractivity contribution >= 4 is 27.5 Å². The van der Waals surface area contributed by atoms with Gasteiger partial charge in [0, 0.05) is 45.1 Å². The Bertz CT molecular complexity index is 1730. The number of rotatable bonds is 11. The van der Waals surface area contributed by atoms with Crippen molar-refractivity contribution < 1.29 is 23.3 Å². The molecule has 3 fully saturated rings. The molecule has 0 saturated carbocycles. The Balaban J connectivity index is 1.34. The van der Waals surface area contributed by atoms with E-state index in [1.807, 2.05) is 24.3 Å². The third kappa shape index (κ3) is 6.11. The SMILES string of the molecule is CCc1cccc2cc(OCOC)cc(-c3ncc4c(N5CCCCCC5)nc(OC[C@]56CCCN5[C@H](COC)CC6)nc4c3F)c12. The topological polar surface area (TPSA) is 82.1 Å². The Morgan fingerprint density at radius 2 is 1.81 bits per heavy atom.